The highest BCUT2D eigenvalue weighted by Crippen LogP contribution is 2.29. The van der Waals surface area contributed by atoms with E-state index >= 15 is 0 Å². The summed E-state index contributed by atoms with van der Waals surface area (Å²) in [4.78, 5) is 26.5. The van der Waals surface area contributed by atoms with Crippen LogP contribution in [0.25, 0.3) is 0 Å². The van der Waals surface area contributed by atoms with Gasteiger partial charge in [-0.2, -0.15) is 13.2 Å². The molecule has 0 aromatic heterocycles. The third-order valence-electron chi connectivity index (χ3n) is 5.18. The van der Waals surface area contributed by atoms with Crippen molar-refractivity contribution in [2.24, 2.45) is 11.8 Å². The van der Waals surface area contributed by atoms with Crippen molar-refractivity contribution >= 4 is 11.8 Å². The molecular formula is C21H29F3N2O2. The Hall–Kier alpha value is -2.05. The van der Waals surface area contributed by atoms with Crippen molar-refractivity contribution in [3.05, 3.63) is 35.4 Å². The molecule has 1 fully saturated rings. The Morgan fingerprint density at radius 1 is 1.07 bits per heavy atom. The van der Waals surface area contributed by atoms with E-state index in [0.717, 1.165) is 25.0 Å². The van der Waals surface area contributed by atoms with Crippen LogP contribution in [0.2, 0.25) is 0 Å². The molecule has 0 bridgehead atoms. The van der Waals surface area contributed by atoms with Gasteiger partial charge in [0.25, 0.3) is 5.91 Å². The van der Waals surface area contributed by atoms with Crippen molar-refractivity contribution in [1.29, 1.82) is 0 Å². The highest BCUT2D eigenvalue weighted by Gasteiger charge is 2.31. The number of hydrogen-bond donors (Lipinski definition) is 1. The summed E-state index contributed by atoms with van der Waals surface area (Å²) in [6.45, 7) is 7.16. The zero-order valence-corrected chi connectivity index (χ0v) is 16.7. The lowest BCUT2D eigenvalue weighted by molar-refractivity contribution is -0.137. The normalized spacial score (nSPS) is 16.9. The SMILES string of the molecule is CC(C)CC[C@H](C)NC(=O)C1CCN(C(=O)c2ccc(C(F)(F)F)cc2)CC1. The Bertz CT molecular complexity index is 663. The lowest BCUT2D eigenvalue weighted by Gasteiger charge is -2.32. The molecule has 1 heterocycles. The number of likely N-dealkylation sites (tertiary alicyclic amines) is 1. The minimum atomic E-state index is -4.42. The quantitative estimate of drug-likeness (QED) is 0.767. The molecule has 1 aliphatic rings. The molecule has 28 heavy (non-hydrogen) atoms. The summed E-state index contributed by atoms with van der Waals surface area (Å²) in [5.74, 6) is 0.202. The van der Waals surface area contributed by atoms with E-state index in [9.17, 15) is 22.8 Å². The summed E-state index contributed by atoms with van der Waals surface area (Å²) in [5.41, 5.74) is -0.538. The molecule has 1 aromatic carbocycles. The van der Waals surface area contributed by atoms with Gasteiger partial charge in [0.1, 0.15) is 0 Å². The van der Waals surface area contributed by atoms with E-state index in [2.05, 4.69) is 19.2 Å². The van der Waals surface area contributed by atoms with Gasteiger partial charge in [-0.1, -0.05) is 13.8 Å². The van der Waals surface area contributed by atoms with Crippen LogP contribution >= 0.6 is 0 Å². The van der Waals surface area contributed by atoms with E-state index in [1.807, 2.05) is 6.92 Å². The van der Waals surface area contributed by atoms with Crippen molar-refractivity contribution in [1.82, 2.24) is 10.2 Å². The molecule has 156 valence electrons. The molecule has 1 atom stereocenters. The molecule has 1 saturated heterocycles. The van der Waals surface area contributed by atoms with Gasteiger partial charge in [-0.15, -0.1) is 0 Å². The van der Waals surface area contributed by atoms with Gasteiger partial charge < -0.3 is 10.2 Å². The second kappa shape index (κ2) is 9.43. The number of benzene rings is 1. The van der Waals surface area contributed by atoms with Crippen LogP contribution in [0.15, 0.2) is 24.3 Å². The van der Waals surface area contributed by atoms with E-state index in [4.69, 9.17) is 0 Å². The van der Waals surface area contributed by atoms with Crippen LogP contribution in [-0.4, -0.2) is 35.8 Å². The Morgan fingerprint density at radius 2 is 1.64 bits per heavy atom. The standard InChI is InChI=1S/C21H29F3N2O2/c1-14(2)4-5-15(3)25-19(27)16-10-12-26(13-11-16)20(28)17-6-8-18(9-7-17)21(22,23)24/h6-9,14-16H,4-5,10-13H2,1-3H3,(H,25,27)/t15-/m0/s1. The molecule has 2 amide bonds. The predicted octanol–water partition coefficient (Wildman–Crippen LogP) is 4.50. The zero-order valence-electron chi connectivity index (χ0n) is 16.7. The third-order valence-corrected chi connectivity index (χ3v) is 5.18. The molecule has 1 N–H and O–H groups in total. The van der Waals surface area contributed by atoms with Crippen molar-refractivity contribution in [2.45, 2.75) is 58.7 Å². The summed E-state index contributed by atoms with van der Waals surface area (Å²) in [6.07, 6.45) is -1.29. The smallest absolute Gasteiger partial charge is 0.353 e. The molecule has 0 radical (unpaired) electrons. The number of nitrogens with one attached hydrogen (secondary N) is 1. The Labute approximate surface area is 164 Å². The number of piperidine rings is 1. The number of amides is 2. The Balaban J connectivity index is 1.84. The zero-order chi connectivity index (χ0) is 20.9. The fourth-order valence-electron chi connectivity index (χ4n) is 3.35. The van der Waals surface area contributed by atoms with E-state index in [0.29, 0.717) is 31.8 Å². The minimum absolute atomic E-state index is 0.0258. The second-order valence-corrected chi connectivity index (χ2v) is 8.02. The van der Waals surface area contributed by atoms with Crippen LogP contribution in [0.1, 0.15) is 62.4 Å². The largest absolute Gasteiger partial charge is 0.416 e. The molecule has 1 aromatic rings. The van der Waals surface area contributed by atoms with Crippen LogP contribution in [0.5, 0.6) is 0 Å². The number of alkyl halides is 3. The average Bonchev–Trinajstić information content (AvgIpc) is 2.65. The lowest BCUT2D eigenvalue weighted by atomic mass is 9.94. The fourth-order valence-corrected chi connectivity index (χ4v) is 3.35. The lowest BCUT2D eigenvalue weighted by Crippen LogP contribution is -2.44. The number of rotatable bonds is 6. The number of carbonyl (C=O) groups is 2. The van der Waals surface area contributed by atoms with Crippen LogP contribution in [0.4, 0.5) is 13.2 Å². The van der Waals surface area contributed by atoms with Gasteiger partial charge in [0, 0.05) is 30.6 Å². The van der Waals surface area contributed by atoms with E-state index < -0.39 is 11.7 Å². The first-order valence-corrected chi connectivity index (χ1v) is 9.85. The molecule has 1 aliphatic heterocycles. The maximum atomic E-state index is 12.6. The first-order valence-electron chi connectivity index (χ1n) is 9.85. The Morgan fingerprint density at radius 3 is 2.14 bits per heavy atom. The van der Waals surface area contributed by atoms with Gasteiger partial charge in [-0.25, -0.2) is 0 Å². The number of carbonyl (C=O) groups excluding carboxylic acids is 2. The molecule has 4 nitrogen and oxygen atoms in total. The van der Waals surface area contributed by atoms with Crippen LogP contribution in [0, 0.1) is 11.8 Å². The molecule has 2 rings (SSSR count). The highest BCUT2D eigenvalue weighted by molar-refractivity contribution is 5.94. The van der Waals surface area contributed by atoms with Crippen molar-refractivity contribution in [2.75, 3.05) is 13.1 Å². The first kappa shape index (κ1) is 22.2. The number of nitrogens with zero attached hydrogens (tertiary/aromatic N) is 1. The molecule has 0 spiro atoms. The highest BCUT2D eigenvalue weighted by atomic mass is 19.4. The minimum Gasteiger partial charge on any atom is -0.353 e. The van der Waals surface area contributed by atoms with Crippen molar-refractivity contribution in [3.63, 3.8) is 0 Å². The summed E-state index contributed by atoms with van der Waals surface area (Å²) in [5, 5.41) is 3.05. The number of halogens is 3. The summed E-state index contributed by atoms with van der Waals surface area (Å²) in [7, 11) is 0. The van der Waals surface area contributed by atoms with Crippen molar-refractivity contribution in [3.8, 4) is 0 Å². The van der Waals surface area contributed by atoms with Crippen LogP contribution in [-0.2, 0) is 11.0 Å². The number of hydrogen-bond acceptors (Lipinski definition) is 2. The average molecular weight is 398 g/mol. The van der Waals surface area contributed by atoms with Gasteiger partial charge in [-0.05, 0) is 62.8 Å². The van der Waals surface area contributed by atoms with Crippen LogP contribution < -0.4 is 5.32 Å². The van der Waals surface area contributed by atoms with E-state index in [1.165, 1.54) is 12.1 Å². The van der Waals surface area contributed by atoms with Gasteiger partial charge in [0.15, 0.2) is 0 Å². The Kier molecular flexibility index (Phi) is 7.49. The first-order chi connectivity index (χ1) is 13.1. The van der Waals surface area contributed by atoms with E-state index in [1.54, 1.807) is 4.90 Å². The molecule has 0 unspecified atom stereocenters. The third kappa shape index (κ3) is 6.24. The fraction of sp³-hybridized carbons (Fsp3) is 0.619. The van der Waals surface area contributed by atoms with E-state index in [-0.39, 0.29) is 29.3 Å². The van der Waals surface area contributed by atoms with Gasteiger partial charge in [0.05, 0.1) is 5.56 Å². The maximum absolute atomic E-state index is 12.6. The summed E-state index contributed by atoms with van der Waals surface area (Å²) >= 11 is 0. The molecule has 0 saturated carbocycles. The molecular weight excluding hydrogens is 369 g/mol. The van der Waals surface area contributed by atoms with Gasteiger partial charge in [0.2, 0.25) is 5.91 Å². The molecule has 7 heteroatoms. The molecule has 0 aliphatic carbocycles. The van der Waals surface area contributed by atoms with Crippen molar-refractivity contribution < 1.29 is 22.8 Å². The monoisotopic (exact) mass is 398 g/mol. The van der Waals surface area contributed by atoms with Gasteiger partial charge in [-0.3, -0.25) is 9.59 Å². The predicted molar refractivity (Wildman–Crippen MR) is 102 cm³/mol. The van der Waals surface area contributed by atoms with Crippen LogP contribution in [0.3, 0.4) is 0 Å². The summed E-state index contributed by atoms with van der Waals surface area (Å²) in [6, 6.07) is 4.39. The maximum Gasteiger partial charge on any atom is 0.416 e. The topological polar surface area (TPSA) is 49.4 Å². The van der Waals surface area contributed by atoms with Gasteiger partial charge >= 0.3 is 6.18 Å². The second-order valence-electron chi connectivity index (χ2n) is 8.02. The summed E-state index contributed by atoms with van der Waals surface area (Å²) < 4.78 is 37.9.